The van der Waals surface area contributed by atoms with Crippen LogP contribution >= 0.6 is 15.9 Å². The molecule has 0 fully saturated rings. The van der Waals surface area contributed by atoms with Crippen molar-refractivity contribution in [3.05, 3.63) is 50.9 Å². The van der Waals surface area contributed by atoms with Crippen LogP contribution < -0.4 is 10.9 Å². The lowest BCUT2D eigenvalue weighted by atomic mass is 10.1. The summed E-state index contributed by atoms with van der Waals surface area (Å²) < 4.78 is 24.5. The molecule has 0 saturated heterocycles. The van der Waals surface area contributed by atoms with Crippen LogP contribution in [0.3, 0.4) is 0 Å². The Morgan fingerprint density at radius 2 is 1.86 bits per heavy atom. The van der Waals surface area contributed by atoms with Gasteiger partial charge in [-0.25, -0.2) is 13.1 Å². The summed E-state index contributed by atoms with van der Waals surface area (Å²) in [5, 5.41) is 7.15. The predicted molar refractivity (Wildman–Crippen MR) is 88.8 cm³/mol. The standard InChI is InChI=1S/C14H16BrN3O3S/c1-9(10-4-6-11(7-5-10)22(3,20)21)17-12-8-16-18(2)14(19)13(12)15/h4-9,17H,1-3H3. The smallest absolute Gasteiger partial charge is 0.282 e. The molecule has 0 bridgehead atoms. The molecule has 1 heterocycles. The van der Waals surface area contributed by atoms with Gasteiger partial charge in [0.2, 0.25) is 0 Å². The fourth-order valence-electron chi connectivity index (χ4n) is 1.93. The summed E-state index contributed by atoms with van der Waals surface area (Å²) in [5.74, 6) is 0. The number of rotatable bonds is 4. The number of nitrogens with zero attached hydrogens (tertiary/aromatic N) is 2. The molecular weight excluding hydrogens is 370 g/mol. The van der Waals surface area contributed by atoms with Gasteiger partial charge in [0.15, 0.2) is 9.84 Å². The van der Waals surface area contributed by atoms with E-state index >= 15 is 0 Å². The highest BCUT2D eigenvalue weighted by Crippen LogP contribution is 2.23. The molecule has 1 N–H and O–H groups in total. The van der Waals surface area contributed by atoms with Crippen molar-refractivity contribution < 1.29 is 8.42 Å². The Kier molecular flexibility index (Phi) is 4.72. The lowest BCUT2D eigenvalue weighted by Gasteiger charge is -2.17. The zero-order chi connectivity index (χ0) is 16.5. The van der Waals surface area contributed by atoms with Crippen molar-refractivity contribution in [2.45, 2.75) is 17.9 Å². The maximum atomic E-state index is 11.8. The Labute approximate surface area is 137 Å². The molecule has 1 aromatic heterocycles. The zero-order valence-corrected chi connectivity index (χ0v) is 14.8. The van der Waals surface area contributed by atoms with Gasteiger partial charge in [0.25, 0.3) is 5.56 Å². The average Bonchev–Trinajstić information content (AvgIpc) is 2.47. The summed E-state index contributed by atoms with van der Waals surface area (Å²) in [5.41, 5.74) is 1.26. The van der Waals surface area contributed by atoms with Gasteiger partial charge >= 0.3 is 0 Å². The Bertz CT molecular complexity index is 845. The maximum Gasteiger partial charge on any atom is 0.282 e. The van der Waals surface area contributed by atoms with Crippen molar-refractivity contribution in [3.8, 4) is 0 Å². The third-order valence-corrected chi connectivity index (χ3v) is 5.15. The number of anilines is 1. The van der Waals surface area contributed by atoms with Crippen LogP contribution in [0.4, 0.5) is 5.69 Å². The molecule has 0 saturated carbocycles. The van der Waals surface area contributed by atoms with Gasteiger partial charge in [-0.1, -0.05) is 12.1 Å². The van der Waals surface area contributed by atoms with E-state index in [0.29, 0.717) is 10.2 Å². The first-order chi connectivity index (χ1) is 10.2. The van der Waals surface area contributed by atoms with Crippen molar-refractivity contribution in [2.75, 3.05) is 11.6 Å². The molecular formula is C14H16BrN3O3S. The van der Waals surface area contributed by atoms with Gasteiger partial charge in [0.05, 0.1) is 16.8 Å². The molecule has 8 heteroatoms. The minimum Gasteiger partial charge on any atom is -0.376 e. The maximum absolute atomic E-state index is 11.8. The van der Waals surface area contributed by atoms with Gasteiger partial charge in [-0.05, 0) is 40.5 Å². The Morgan fingerprint density at radius 1 is 1.27 bits per heavy atom. The number of nitrogens with one attached hydrogen (secondary N) is 1. The number of benzene rings is 1. The van der Waals surface area contributed by atoms with E-state index in [2.05, 4.69) is 26.3 Å². The van der Waals surface area contributed by atoms with Crippen LogP contribution in [0.15, 0.2) is 44.6 Å². The topological polar surface area (TPSA) is 81.1 Å². The number of sulfone groups is 1. The number of hydrogen-bond donors (Lipinski definition) is 1. The van der Waals surface area contributed by atoms with Crippen LogP contribution in [0.2, 0.25) is 0 Å². The third kappa shape index (κ3) is 3.56. The van der Waals surface area contributed by atoms with Crippen molar-refractivity contribution in [3.63, 3.8) is 0 Å². The first-order valence-corrected chi connectivity index (χ1v) is 9.17. The average molecular weight is 386 g/mol. The van der Waals surface area contributed by atoms with Crippen molar-refractivity contribution in [2.24, 2.45) is 7.05 Å². The van der Waals surface area contributed by atoms with E-state index in [1.54, 1.807) is 37.5 Å². The molecule has 0 aliphatic carbocycles. The van der Waals surface area contributed by atoms with E-state index < -0.39 is 9.84 Å². The van der Waals surface area contributed by atoms with Crippen LogP contribution in [-0.4, -0.2) is 24.5 Å². The van der Waals surface area contributed by atoms with Crippen LogP contribution in [0.25, 0.3) is 0 Å². The van der Waals surface area contributed by atoms with Crippen molar-refractivity contribution in [1.29, 1.82) is 0 Å². The number of aryl methyl sites for hydroxylation is 1. The third-order valence-electron chi connectivity index (χ3n) is 3.26. The minimum absolute atomic E-state index is 0.112. The highest BCUT2D eigenvalue weighted by atomic mass is 79.9. The fourth-order valence-corrected chi connectivity index (χ4v) is 3.04. The second kappa shape index (κ2) is 6.21. The minimum atomic E-state index is -3.20. The van der Waals surface area contributed by atoms with E-state index in [1.807, 2.05) is 6.92 Å². The monoisotopic (exact) mass is 385 g/mol. The van der Waals surface area contributed by atoms with Gasteiger partial charge in [-0.15, -0.1) is 0 Å². The SMILES string of the molecule is CC(Nc1cnn(C)c(=O)c1Br)c1ccc(S(C)(=O)=O)cc1. The highest BCUT2D eigenvalue weighted by Gasteiger charge is 2.12. The predicted octanol–water partition coefficient (Wildman–Crippen LogP) is 2.12. The summed E-state index contributed by atoms with van der Waals surface area (Å²) in [6.07, 6.45) is 2.74. The molecule has 6 nitrogen and oxygen atoms in total. The zero-order valence-electron chi connectivity index (χ0n) is 12.4. The molecule has 0 aliphatic heterocycles. The summed E-state index contributed by atoms with van der Waals surface area (Å²) in [6, 6.07) is 6.52. The van der Waals surface area contributed by atoms with Crippen molar-refractivity contribution in [1.82, 2.24) is 9.78 Å². The molecule has 1 unspecified atom stereocenters. The number of aromatic nitrogens is 2. The van der Waals surface area contributed by atoms with Gasteiger partial charge < -0.3 is 5.32 Å². The lowest BCUT2D eigenvalue weighted by Crippen LogP contribution is -2.22. The highest BCUT2D eigenvalue weighted by molar-refractivity contribution is 9.10. The fraction of sp³-hybridized carbons (Fsp3) is 0.286. The van der Waals surface area contributed by atoms with Gasteiger partial charge in [-0.2, -0.15) is 5.10 Å². The molecule has 2 aromatic rings. The van der Waals surface area contributed by atoms with E-state index in [0.717, 1.165) is 5.56 Å². The quantitative estimate of drug-likeness (QED) is 0.871. The van der Waals surface area contributed by atoms with Crippen molar-refractivity contribution >= 4 is 31.5 Å². The Balaban J connectivity index is 2.25. The normalized spacial score (nSPS) is 12.9. The lowest BCUT2D eigenvalue weighted by molar-refractivity contribution is 0.602. The Morgan fingerprint density at radius 3 is 2.41 bits per heavy atom. The Hall–Kier alpha value is -1.67. The second-order valence-electron chi connectivity index (χ2n) is 5.01. The molecule has 22 heavy (non-hydrogen) atoms. The number of hydrogen-bond acceptors (Lipinski definition) is 5. The molecule has 0 amide bonds. The summed E-state index contributed by atoms with van der Waals surface area (Å²) in [7, 11) is -1.63. The van der Waals surface area contributed by atoms with E-state index in [-0.39, 0.29) is 16.5 Å². The molecule has 0 aliphatic rings. The molecule has 0 radical (unpaired) electrons. The summed E-state index contributed by atoms with van der Waals surface area (Å²) >= 11 is 3.25. The molecule has 1 aromatic carbocycles. The van der Waals surface area contributed by atoms with Gasteiger partial charge in [-0.3, -0.25) is 4.79 Å². The molecule has 0 spiro atoms. The number of halogens is 1. The van der Waals surface area contributed by atoms with Crippen LogP contribution in [0, 0.1) is 0 Å². The van der Waals surface area contributed by atoms with E-state index in [4.69, 9.17) is 0 Å². The first kappa shape index (κ1) is 16.7. The molecule has 2 rings (SSSR count). The van der Waals surface area contributed by atoms with Gasteiger partial charge in [0.1, 0.15) is 4.47 Å². The summed E-state index contributed by atoms with van der Waals surface area (Å²) in [6.45, 7) is 1.92. The van der Waals surface area contributed by atoms with E-state index in [1.165, 1.54) is 10.9 Å². The van der Waals surface area contributed by atoms with Crippen LogP contribution in [-0.2, 0) is 16.9 Å². The van der Waals surface area contributed by atoms with Crippen LogP contribution in [0.5, 0.6) is 0 Å². The van der Waals surface area contributed by atoms with E-state index in [9.17, 15) is 13.2 Å². The molecule has 118 valence electrons. The second-order valence-corrected chi connectivity index (χ2v) is 7.82. The van der Waals surface area contributed by atoms with Crippen LogP contribution in [0.1, 0.15) is 18.5 Å². The van der Waals surface area contributed by atoms with Gasteiger partial charge in [0, 0.05) is 19.3 Å². The molecule has 1 atom stereocenters. The summed E-state index contributed by atoms with van der Waals surface area (Å²) in [4.78, 5) is 12.1. The first-order valence-electron chi connectivity index (χ1n) is 6.48. The largest absolute Gasteiger partial charge is 0.376 e.